The van der Waals surface area contributed by atoms with Crippen molar-refractivity contribution >= 4 is 16.7 Å². The quantitative estimate of drug-likeness (QED) is 0.729. The first-order chi connectivity index (χ1) is 13.5. The lowest BCUT2D eigenvalue weighted by Crippen LogP contribution is -2.27. The van der Waals surface area contributed by atoms with Gasteiger partial charge in [-0.05, 0) is 25.8 Å². The van der Waals surface area contributed by atoms with E-state index in [1.54, 1.807) is 24.3 Å². The number of rotatable bonds is 2. The van der Waals surface area contributed by atoms with Gasteiger partial charge < -0.3 is 9.13 Å². The van der Waals surface area contributed by atoms with Crippen LogP contribution in [0.4, 0.5) is 0 Å². The first-order valence-electron chi connectivity index (χ1n) is 10.7. The van der Waals surface area contributed by atoms with Gasteiger partial charge in [-0.1, -0.05) is 18.2 Å². The largest absolute Gasteiger partial charge is 0.347 e. The van der Waals surface area contributed by atoms with Crippen LogP contribution in [0.5, 0.6) is 0 Å². The van der Waals surface area contributed by atoms with Crippen molar-refractivity contribution in [2.45, 2.75) is 26.3 Å². The van der Waals surface area contributed by atoms with E-state index < -0.39 is 31.3 Å². The number of nitrogens with zero attached hydrogens (tertiary/aromatic N) is 3. The van der Waals surface area contributed by atoms with Crippen LogP contribution in [-0.4, -0.2) is 19.9 Å². The molecule has 4 nitrogen and oxygen atoms in total. The topological polar surface area (TPSA) is 39.8 Å². The Morgan fingerprint density at radius 2 is 2.36 bits per heavy atom. The van der Waals surface area contributed by atoms with Crippen LogP contribution in [0.25, 0.3) is 10.9 Å². The maximum Gasteiger partial charge on any atom is 0.170 e. The summed E-state index contributed by atoms with van der Waals surface area (Å²) in [5.41, 5.74) is 1.03. The van der Waals surface area contributed by atoms with Crippen LogP contribution in [0.2, 0.25) is 0 Å². The fourth-order valence-electron chi connectivity index (χ4n) is 3.08. The summed E-state index contributed by atoms with van der Waals surface area (Å²) in [6.07, 6.45) is -0.437. The number of ketones is 1. The molecule has 1 atom stereocenters. The van der Waals surface area contributed by atoms with E-state index in [1.165, 1.54) is 11.5 Å². The molecule has 0 aliphatic heterocycles. The summed E-state index contributed by atoms with van der Waals surface area (Å²) in [5, 5.41) is 0.485. The molecule has 1 aliphatic carbocycles. The second kappa shape index (κ2) is 4.83. The minimum atomic E-state index is -2.46. The smallest absolute Gasteiger partial charge is 0.170 e. The maximum absolute atomic E-state index is 13.4. The number of aryl methyl sites for hydroxylation is 2. The third-order valence-corrected chi connectivity index (χ3v) is 4.19. The van der Waals surface area contributed by atoms with Crippen LogP contribution in [0.15, 0.2) is 36.6 Å². The zero-order valence-corrected chi connectivity index (χ0v) is 12.1. The fourth-order valence-corrected chi connectivity index (χ4v) is 3.08. The molecule has 112 valence electrons. The molecule has 1 aromatic carbocycles. The van der Waals surface area contributed by atoms with E-state index in [4.69, 9.17) is 9.60 Å². The Labute approximate surface area is 139 Å². The predicted molar refractivity (Wildman–Crippen MR) is 86.0 cm³/mol. The van der Waals surface area contributed by atoms with E-state index in [1.807, 2.05) is 0 Å². The summed E-state index contributed by atoms with van der Waals surface area (Å²) in [6, 6.07) is 6.73. The minimum absolute atomic E-state index is 0.0929. The standard InChI is InChI=1S/C18H19N3O/c1-12-19-9-10-21(12)11-13-7-8-16-17(18(13)22)14-5-3-4-6-15(14)20(16)2/h3-6,9-10,13H,7-8,11H2,1-2H3/i2D3,9D,10D,11D2. The van der Waals surface area contributed by atoms with Gasteiger partial charge in [0.1, 0.15) is 5.82 Å². The number of para-hydroxylation sites is 1. The van der Waals surface area contributed by atoms with Crippen molar-refractivity contribution in [2.75, 3.05) is 0 Å². The molecule has 0 spiro atoms. The Morgan fingerprint density at radius 1 is 1.50 bits per heavy atom. The highest BCUT2D eigenvalue weighted by Gasteiger charge is 2.32. The Balaban J connectivity index is 1.90. The number of carbonyl (C=O) groups is 1. The number of carbonyl (C=O) groups excluding carboxylic acids is 1. The first kappa shape index (κ1) is 7.77. The van der Waals surface area contributed by atoms with Crippen molar-refractivity contribution in [1.29, 1.82) is 0 Å². The van der Waals surface area contributed by atoms with E-state index in [2.05, 4.69) is 4.98 Å². The molecule has 0 fully saturated rings. The number of imidazole rings is 1. The molecular weight excluding hydrogens is 274 g/mol. The number of hydrogen-bond acceptors (Lipinski definition) is 2. The van der Waals surface area contributed by atoms with E-state index in [-0.39, 0.29) is 30.4 Å². The van der Waals surface area contributed by atoms with Crippen molar-refractivity contribution in [2.24, 2.45) is 12.9 Å². The van der Waals surface area contributed by atoms with Crippen LogP contribution in [0.1, 0.15) is 37.9 Å². The lowest BCUT2D eigenvalue weighted by atomic mass is 9.85. The molecule has 2 heterocycles. The number of hydrogen-bond donors (Lipinski definition) is 0. The summed E-state index contributed by atoms with van der Waals surface area (Å²) in [6.45, 7) is -3.24. The summed E-state index contributed by atoms with van der Waals surface area (Å²) >= 11 is 0. The monoisotopic (exact) mass is 300 g/mol. The molecule has 0 bridgehead atoms. The molecule has 1 unspecified atom stereocenters. The normalized spacial score (nSPS) is 23.8. The van der Waals surface area contributed by atoms with Crippen molar-refractivity contribution in [1.82, 2.24) is 14.1 Å². The van der Waals surface area contributed by atoms with Crippen molar-refractivity contribution in [3.8, 4) is 0 Å². The van der Waals surface area contributed by atoms with Crippen molar-refractivity contribution < 1.29 is 14.4 Å². The Morgan fingerprint density at radius 3 is 3.14 bits per heavy atom. The van der Waals surface area contributed by atoms with Crippen LogP contribution >= 0.6 is 0 Å². The van der Waals surface area contributed by atoms with Crippen LogP contribution < -0.4 is 0 Å². The number of fused-ring (bicyclic) bond motifs is 3. The van der Waals surface area contributed by atoms with Gasteiger partial charge in [-0.3, -0.25) is 4.79 Å². The molecule has 4 rings (SSSR count). The van der Waals surface area contributed by atoms with Gasteiger partial charge in [0.25, 0.3) is 0 Å². The van der Waals surface area contributed by atoms with E-state index in [0.717, 1.165) is 4.57 Å². The Bertz CT molecular complexity index is 1140. The molecule has 4 heteroatoms. The Hall–Kier alpha value is -2.36. The summed E-state index contributed by atoms with van der Waals surface area (Å²) in [7, 11) is 0. The molecule has 3 aromatic rings. The van der Waals surface area contributed by atoms with Crippen molar-refractivity contribution in [3.63, 3.8) is 0 Å². The molecule has 0 amide bonds. The third-order valence-electron chi connectivity index (χ3n) is 4.19. The fraction of sp³-hybridized carbons (Fsp3) is 0.333. The van der Waals surface area contributed by atoms with Gasteiger partial charge >= 0.3 is 0 Å². The Kier molecular flexibility index (Phi) is 1.71. The highest BCUT2D eigenvalue weighted by molar-refractivity contribution is 6.11. The average molecular weight is 300 g/mol. The molecule has 22 heavy (non-hydrogen) atoms. The van der Waals surface area contributed by atoms with E-state index in [0.29, 0.717) is 16.6 Å². The number of aromatic nitrogens is 3. The summed E-state index contributed by atoms with van der Waals surface area (Å²) in [5.74, 6) is -1.47. The van der Waals surface area contributed by atoms with E-state index >= 15 is 0 Å². The van der Waals surface area contributed by atoms with Crippen LogP contribution in [-0.2, 0) is 19.9 Å². The van der Waals surface area contributed by atoms with Gasteiger partial charge in [0.15, 0.2) is 5.78 Å². The predicted octanol–water partition coefficient (Wildman–Crippen LogP) is 3.13. The first-order valence-corrected chi connectivity index (χ1v) is 7.16. The highest BCUT2D eigenvalue weighted by atomic mass is 16.1. The summed E-state index contributed by atoms with van der Waals surface area (Å²) < 4.78 is 58.8. The van der Waals surface area contributed by atoms with Gasteiger partial charge in [-0.15, -0.1) is 0 Å². The van der Waals surface area contributed by atoms with Gasteiger partial charge in [0.2, 0.25) is 0 Å². The SMILES string of the molecule is [2H]c1nc(C)n(C([2H])([2H])C2CCc3c(c4ccccc4n3C([2H])([2H])[2H])C2=O)c1[2H]. The molecule has 0 radical (unpaired) electrons. The number of benzene rings is 1. The lowest BCUT2D eigenvalue weighted by Gasteiger charge is -2.23. The second-order valence-electron chi connectivity index (χ2n) is 5.48. The van der Waals surface area contributed by atoms with Gasteiger partial charge in [-0.2, -0.15) is 0 Å². The van der Waals surface area contributed by atoms with Crippen molar-refractivity contribution in [3.05, 3.63) is 53.7 Å². The lowest BCUT2D eigenvalue weighted by molar-refractivity contribution is 0.0888. The van der Waals surface area contributed by atoms with Gasteiger partial charge in [-0.25, -0.2) is 4.98 Å². The van der Waals surface area contributed by atoms with Crippen LogP contribution in [0, 0.1) is 12.8 Å². The molecule has 0 saturated carbocycles. The molecular formula is C18H19N3O. The zero-order valence-electron chi connectivity index (χ0n) is 19.1. The van der Waals surface area contributed by atoms with Crippen LogP contribution in [0.3, 0.4) is 0 Å². The minimum Gasteiger partial charge on any atom is -0.347 e. The van der Waals surface area contributed by atoms with Gasteiger partial charge in [0, 0.05) is 58.0 Å². The maximum atomic E-state index is 13.4. The highest BCUT2D eigenvalue weighted by Crippen LogP contribution is 2.34. The second-order valence-corrected chi connectivity index (χ2v) is 5.48. The third kappa shape index (κ3) is 1.83. The molecule has 0 saturated heterocycles. The summed E-state index contributed by atoms with van der Waals surface area (Å²) in [4.78, 5) is 17.3. The molecule has 2 aromatic heterocycles. The average Bonchev–Trinajstić information content (AvgIpc) is 3.09. The molecule has 1 aliphatic rings. The number of Topliss-reactive ketones (excluding diaryl/α,β-unsaturated/α-hetero) is 1. The van der Waals surface area contributed by atoms with E-state index in [9.17, 15) is 4.79 Å². The zero-order chi connectivity index (χ0) is 21.3. The van der Waals surface area contributed by atoms with Gasteiger partial charge in [0.05, 0.1) is 5.48 Å². The molecule has 0 N–H and O–H groups in total.